The second-order valence-electron chi connectivity index (χ2n) is 5.75. The largest absolute Gasteiger partial charge is 0.367 e. The lowest BCUT2D eigenvalue weighted by molar-refractivity contribution is 0.184. The van der Waals surface area contributed by atoms with Crippen molar-refractivity contribution in [2.45, 2.75) is 19.8 Å². The first-order valence-electron chi connectivity index (χ1n) is 7.98. The predicted octanol–water partition coefficient (Wildman–Crippen LogP) is 0.920. The molecule has 1 aliphatic heterocycles. The number of anilines is 1. The summed E-state index contributed by atoms with van der Waals surface area (Å²) in [6, 6.07) is -0.119. The molecular weight excluding hydrogens is 280 g/mol. The molecule has 0 aliphatic carbocycles. The first-order chi connectivity index (χ1) is 10.7. The van der Waals surface area contributed by atoms with Crippen LogP contribution in [0.25, 0.3) is 0 Å². The van der Waals surface area contributed by atoms with Crippen LogP contribution >= 0.6 is 0 Å². The summed E-state index contributed by atoms with van der Waals surface area (Å²) in [5, 5.41) is 8.80. The van der Waals surface area contributed by atoms with Crippen molar-refractivity contribution in [3.63, 3.8) is 0 Å². The molecule has 22 heavy (non-hydrogen) atoms. The Morgan fingerprint density at radius 2 is 2.18 bits per heavy atom. The number of hydrogen-bond acceptors (Lipinski definition) is 5. The Morgan fingerprint density at radius 1 is 1.32 bits per heavy atom. The van der Waals surface area contributed by atoms with E-state index in [1.54, 1.807) is 18.6 Å². The first-order valence-corrected chi connectivity index (χ1v) is 7.98. The van der Waals surface area contributed by atoms with Crippen molar-refractivity contribution in [1.82, 2.24) is 25.5 Å². The van der Waals surface area contributed by atoms with Gasteiger partial charge in [-0.05, 0) is 25.3 Å². The van der Waals surface area contributed by atoms with Gasteiger partial charge in [0, 0.05) is 45.1 Å². The molecule has 0 unspecified atom stereocenters. The summed E-state index contributed by atoms with van der Waals surface area (Å²) in [5.74, 6) is 1.48. The van der Waals surface area contributed by atoms with E-state index in [4.69, 9.17) is 0 Å². The van der Waals surface area contributed by atoms with Gasteiger partial charge < -0.3 is 20.9 Å². The Kier molecular flexibility index (Phi) is 6.89. The van der Waals surface area contributed by atoms with E-state index in [9.17, 15) is 4.79 Å². The fraction of sp³-hybridized carbons (Fsp3) is 0.667. The SMILES string of the molecule is C[C@@H]1CCCN(CCNC(=O)NCCNc2cnccn2)C1. The molecule has 1 fully saturated rings. The molecule has 7 nitrogen and oxygen atoms in total. The maximum absolute atomic E-state index is 11.7. The quantitative estimate of drug-likeness (QED) is 0.653. The fourth-order valence-electron chi connectivity index (χ4n) is 2.64. The lowest BCUT2D eigenvalue weighted by Gasteiger charge is -2.30. The van der Waals surface area contributed by atoms with Gasteiger partial charge in [0.05, 0.1) is 6.20 Å². The van der Waals surface area contributed by atoms with Crippen LogP contribution in [0.2, 0.25) is 0 Å². The van der Waals surface area contributed by atoms with Gasteiger partial charge in [0.1, 0.15) is 5.82 Å². The number of piperidine rings is 1. The number of nitrogens with one attached hydrogen (secondary N) is 3. The second-order valence-corrected chi connectivity index (χ2v) is 5.75. The lowest BCUT2D eigenvalue weighted by atomic mass is 10.0. The molecule has 1 aliphatic rings. The summed E-state index contributed by atoms with van der Waals surface area (Å²) in [5.41, 5.74) is 0. The van der Waals surface area contributed by atoms with Crippen molar-refractivity contribution in [1.29, 1.82) is 0 Å². The van der Waals surface area contributed by atoms with Gasteiger partial charge in [-0.3, -0.25) is 4.98 Å². The molecule has 2 rings (SSSR count). The third-order valence-electron chi connectivity index (χ3n) is 3.73. The summed E-state index contributed by atoms with van der Waals surface area (Å²) in [6.07, 6.45) is 7.49. The number of carbonyl (C=O) groups is 1. The fourth-order valence-corrected chi connectivity index (χ4v) is 2.64. The summed E-state index contributed by atoms with van der Waals surface area (Å²) in [7, 11) is 0. The number of rotatable bonds is 7. The molecule has 2 amide bonds. The Balaban J connectivity index is 1.49. The third-order valence-corrected chi connectivity index (χ3v) is 3.73. The average molecular weight is 306 g/mol. The summed E-state index contributed by atoms with van der Waals surface area (Å²) >= 11 is 0. The molecule has 122 valence electrons. The topological polar surface area (TPSA) is 82.2 Å². The number of urea groups is 1. The lowest BCUT2D eigenvalue weighted by Crippen LogP contribution is -2.43. The molecule has 0 radical (unpaired) electrons. The standard InChI is InChI=1S/C15H26N6O/c1-13-3-2-9-21(12-13)10-8-20-15(22)19-7-6-18-14-11-16-4-5-17-14/h4-5,11,13H,2-3,6-10,12H2,1H3,(H,17,18)(H2,19,20,22)/t13-/m1/s1. The van der Waals surface area contributed by atoms with E-state index in [0.29, 0.717) is 25.5 Å². The van der Waals surface area contributed by atoms with Crippen LogP contribution in [0.3, 0.4) is 0 Å². The van der Waals surface area contributed by atoms with Crippen molar-refractivity contribution in [3.05, 3.63) is 18.6 Å². The van der Waals surface area contributed by atoms with E-state index in [0.717, 1.165) is 25.6 Å². The van der Waals surface area contributed by atoms with Crippen molar-refractivity contribution >= 4 is 11.8 Å². The average Bonchev–Trinajstić information content (AvgIpc) is 2.53. The minimum absolute atomic E-state index is 0.119. The summed E-state index contributed by atoms with van der Waals surface area (Å²) in [4.78, 5) is 22.1. The predicted molar refractivity (Wildman–Crippen MR) is 86.8 cm³/mol. The van der Waals surface area contributed by atoms with E-state index in [-0.39, 0.29) is 6.03 Å². The summed E-state index contributed by atoms with van der Waals surface area (Å²) < 4.78 is 0. The molecule has 0 bridgehead atoms. The van der Waals surface area contributed by atoms with Crippen molar-refractivity contribution in [2.24, 2.45) is 5.92 Å². The highest BCUT2D eigenvalue weighted by Gasteiger charge is 2.15. The number of aromatic nitrogens is 2. The van der Waals surface area contributed by atoms with E-state index in [2.05, 4.69) is 37.7 Å². The normalized spacial score (nSPS) is 18.7. The van der Waals surface area contributed by atoms with Crippen LogP contribution in [0.15, 0.2) is 18.6 Å². The van der Waals surface area contributed by atoms with Gasteiger partial charge >= 0.3 is 6.03 Å². The van der Waals surface area contributed by atoms with Gasteiger partial charge in [0.2, 0.25) is 0 Å². The van der Waals surface area contributed by atoms with E-state index < -0.39 is 0 Å². The van der Waals surface area contributed by atoms with E-state index in [1.165, 1.54) is 12.8 Å². The molecule has 0 spiro atoms. The Bertz CT molecular complexity index is 441. The monoisotopic (exact) mass is 306 g/mol. The maximum Gasteiger partial charge on any atom is 0.314 e. The molecule has 1 saturated heterocycles. The highest BCUT2D eigenvalue weighted by molar-refractivity contribution is 5.73. The highest BCUT2D eigenvalue weighted by atomic mass is 16.2. The van der Waals surface area contributed by atoms with Crippen molar-refractivity contribution in [2.75, 3.05) is 44.6 Å². The van der Waals surface area contributed by atoms with Gasteiger partial charge in [0.15, 0.2) is 0 Å². The zero-order chi connectivity index (χ0) is 15.6. The van der Waals surface area contributed by atoms with Gasteiger partial charge in [-0.1, -0.05) is 6.92 Å². The number of amides is 2. The zero-order valence-corrected chi connectivity index (χ0v) is 13.2. The first kappa shape index (κ1) is 16.5. The van der Waals surface area contributed by atoms with Crippen LogP contribution in [-0.4, -0.2) is 60.2 Å². The molecule has 0 aromatic carbocycles. The third kappa shape index (κ3) is 6.26. The number of likely N-dealkylation sites (tertiary alicyclic amines) is 1. The molecule has 1 aromatic heterocycles. The van der Waals surface area contributed by atoms with Gasteiger partial charge in [-0.2, -0.15) is 0 Å². The van der Waals surface area contributed by atoms with Crippen LogP contribution in [0, 0.1) is 5.92 Å². The number of nitrogens with zero attached hydrogens (tertiary/aromatic N) is 3. The molecular formula is C15H26N6O. The Morgan fingerprint density at radius 3 is 2.95 bits per heavy atom. The number of hydrogen-bond donors (Lipinski definition) is 3. The van der Waals surface area contributed by atoms with Crippen LogP contribution in [0.5, 0.6) is 0 Å². The molecule has 1 aromatic rings. The molecule has 2 heterocycles. The molecule has 3 N–H and O–H groups in total. The molecule has 7 heteroatoms. The zero-order valence-electron chi connectivity index (χ0n) is 13.2. The highest BCUT2D eigenvalue weighted by Crippen LogP contribution is 2.14. The van der Waals surface area contributed by atoms with Crippen molar-refractivity contribution < 1.29 is 4.79 Å². The van der Waals surface area contributed by atoms with E-state index in [1.807, 2.05) is 0 Å². The van der Waals surface area contributed by atoms with Gasteiger partial charge in [-0.15, -0.1) is 0 Å². The maximum atomic E-state index is 11.7. The Labute approximate surface area is 131 Å². The van der Waals surface area contributed by atoms with E-state index >= 15 is 0 Å². The van der Waals surface area contributed by atoms with Crippen LogP contribution in [0.4, 0.5) is 10.6 Å². The Hall–Kier alpha value is -1.89. The van der Waals surface area contributed by atoms with Gasteiger partial charge in [-0.25, -0.2) is 9.78 Å². The van der Waals surface area contributed by atoms with Crippen LogP contribution < -0.4 is 16.0 Å². The summed E-state index contributed by atoms with van der Waals surface area (Å²) in [6.45, 7) is 7.36. The van der Waals surface area contributed by atoms with Gasteiger partial charge in [0.25, 0.3) is 0 Å². The second kappa shape index (κ2) is 9.19. The van der Waals surface area contributed by atoms with Crippen molar-refractivity contribution in [3.8, 4) is 0 Å². The minimum Gasteiger partial charge on any atom is -0.367 e. The minimum atomic E-state index is -0.119. The number of carbonyl (C=O) groups excluding carboxylic acids is 1. The van der Waals surface area contributed by atoms with Crippen LogP contribution in [0.1, 0.15) is 19.8 Å². The van der Waals surface area contributed by atoms with Crippen LogP contribution in [-0.2, 0) is 0 Å². The smallest absolute Gasteiger partial charge is 0.314 e. The molecule has 0 saturated carbocycles. The molecule has 1 atom stereocenters.